The number of halogens is 1. The molecule has 0 radical (unpaired) electrons. The molecular formula is C11H10FN3O3. The highest BCUT2D eigenvalue weighted by atomic mass is 19.1. The molecule has 2 rings (SSSR count). The van der Waals surface area contributed by atoms with Crippen molar-refractivity contribution in [3.63, 3.8) is 0 Å². The molecule has 2 aromatic rings. The number of carboxylic acid groups (broad SMARTS) is 1. The number of carbonyl (C=O) groups is 1. The number of hydrogen-bond acceptors (Lipinski definition) is 4. The molecule has 1 aromatic heterocycles. The van der Waals surface area contributed by atoms with E-state index in [9.17, 15) is 14.4 Å². The van der Waals surface area contributed by atoms with Crippen LogP contribution in [0.25, 0.3) is 11.1 Å². The quantitative estimate of drug-likeness (QED) is 0.707. The van der Waals surface area contributed by atoms with Crippen LogP contribution in [-0.4, -0.2) is 26.2 Å². The van der Waals surface area contributed by atoms with E-state index in [1.165, 1.54) is 18.2 Å². The molecule has 6 nitrogen and oxygen atoms in total. The van der Waals surface area contributed by atoms with Gasteiger partial charge in [0.15, 0.2) is 0 Å². The molecule has 94 valence electrons. The normalized spacial score (nSPS) is 12.3. The van der Waals surface area contributed by atoms with Crippen LogP contribution in [0.1, 0.15) is 11.7 Å². The maximum atomic E-state index is 13.6. The second kappa shape index (κ2) is 4.46. The molecule has 1 heterocycles. The maximum absolute atomic E-state index is 13.6. The van der Waals surface area contributed by atoms with E-state index in [-0.39, 0.29) is 16.8 Å². The maximum Gasteiger partial charge on any atom is 0.326 e. The third-order valence-corrected chi connectivity index (χ3v) is 2.51. The zero-order valence-corrected chi connectivity index (χ0v) is 9.12. The summed E-state index contributed by atoms with van der Waals surface area (Å²) >= 11 is 0. The lowest BCUT2D eigenvalue weighted by Crippen LogP contribution is -2.24. The van der Waals surface area contributed by atoms with E-state index < -0.39 is 17.8 Å². The third-order valence-electron chi connectivity index (χ3n) is 2.51. The van der Waals surface area contributed by atoms with E-state index in [4.69, 9.17) is 10.8 Å². The van der Waals surface area contributed by atoms with Crippen LogP contribution in [0.2, 0.25) is 0 Å². The van der Waals surface area contributed by atoms with Gasteiger partial charge in [0.25, 0.3) is 0 Å². The van der Waals surface area contributed by atoms with Crippen molar-refractivity contribution in [2.75, 3.05) is 0 Å². The lowest BCUT2D eigenvalue weighted by Gasteiger charge is -2.09. The predicted octanol–water partition coefficient (Wildman–Crippen LogP) is 1.01. The minimum Gasteiger partial charge on any atom is -0.480 e. The van der Waals surface area contributed by atoms with Crippen molar-refractivity contribution in [3.05, 3.63) is 42.0 Å². The number of hydrogen-bond donors (Lipinski definition) is 3. The molecular weight excluding hydrogens is 241 g/mol. The number of aromatic nitrogens is 2. The van der Waals surface area contributed by atoms with Crippen LogP contribution in [0.5, 0.6) is 0 Å². The van der Waals surface area contributed by atoms with E-state index in [1.807, 2.05) is 0 Å². The number of nitrogens with zero attached hydrogens (tertiary/aromatic N) is 2. The average Bonchev–Trinajstić information content (AvgIpc) is 2.70. The van der Waals surface area contributed by atoms with Gasteiger partial charge in [-0.1, -0.05) is 18.2 Å². The summed E-state index contributed by atoms with van der Waals surface area (Å²) in [7, 11) is 0. The first-order chi connectivity index (χ1) is 8.52. The smallest absolute Gasteiger partial charge is 0.326 e. The summed E-state index contributed by atoms with van der Waals surface area (Å²) in [4.78, 5) is 11.2. The molecule has 0 aliphatic heterocycles. The summed E-state index contributed by atoms with van der Waals surface area (Å²) in [6.45, 7) is 0. The number of rotatable bonds is 3. The number of benzene rings is 1. The van der Waals surface area contributed by atoms with Crippen LogP contribution < -0.4 is 5.73 Å². The minimum absolute atomic E-state index is 0.129. The highest BCUT2D eigenvalue weighted by Crippen LogP contribution is 2.28. The average molecular weight is 251 g/mol. The first-order valence-electron chi connectivity index (χ1n) is 5.03. The lowest BCUT2D eigenvalue weighted by atomic mass is 10.0. The Hall–Kier alpha value is -2.41. The Morgan fingerprint density at radius 2 is 2.06 bits per heavy atom. The third kappa shape index (κ3) is 1.91. The molecule has 0 saturated carbocycles. The second-order valence-corrected chi connectivity index (χ2v) is 3.63. The van der Waals surface area contributed by atoms with Crippen molar-refractivity contribution in [2.24, 2.45) is 5.73 Å². The molecule has 0 aliphatic carbocycles. The summed E-state index contributed by atoms with van der Waals surface area (Å²) in [5, 5.41) is 21.8. The predicted molar refractivity (Wildman–Crippen MR) is 59.4 cm³/mol. The van der Waals surface area contributed by atoms with Crippen LogP contribution in [0, 0.1) is 5.82 Å². The summed E-state index contributed by atoms with van der Waals surface area (Å²) in [5.41, 5.74) is 5.53. The van der Waals surface area contributed by atoms with Gasteiger partial charge in [0.2, 0.25) is 0 Å². The molecule has 0 saturated heterocycles. The van der Waals surface area contributed by atoms with Gasteiger partial charge < -0.3 is 16.0 Å². The van der Waals surface area contributed by atoms with E-state index in [0.717, 1.165) is 6.20 Å². The Morgan fingerprint density at radius 1 is 1.39 bits per heavy atom. The summed E-state index contributed by atoms with van der Waals surface area (Å²) in [6, 6.07) is 4.26. The van der Waals surface area contributed by atoms with E-state index in [0.29, 0.717) is 4.85 Å². The number of nitrogens with two attached hydrogens (primary N) is 1. The highest BCUT2D eigenvalue weighted by molar-refractivity contribution is 5.79. The Balaban J connectivity index is 2.60. The van der Waals surface area contributed by atoms with E-state index in [2.05, 4.69) is 5.10 Å². The molecule has 4 N–H and O–H groups in total. The zero-order chi connectivity index (χ0) is 13.3. The van der Waals surface area contributed by atoms with Crippen LogP contribution in [-0.2, 0) is 4.79 Å². The van der Waals surface area contributed by atoms with Crippen molar-refractivity contribution in [1.29, 1.82) is 0 Å². The largest absolute Gasteiger partial charge is 0.480 e. The van der Waals surface area contributed by atoms with Crippen molar-refractivity contribution in [3.8, 4) is 11.1 Å². The molecule has 18 heavy (non-hydrogen) atoms. The van der Waals surface area contributed by atoms with Gasteiger partial charge in [-0.05, 0) is 6.07 Å². The van der Waals surface area contributed by atoms with Crippen molar-refractivity contribution in [1.82, 2.24) is 9.94 Å². The number of carboxylic acids is 1. The zero-order valence-electron chi connectivity index (χ0n) is 9.12. The minimum atomic E-state index is -1.49. The van der Waals surface area contributed by atoms with Crippen molar-refractivity contribution >= 4 is 5.97 Å². The standard InChI is InChI=1S/C11H10FN3O3/c12-8-4-2-1-3-6(8)7-5-14-15(18)10(7)9(13)11(16)17/h1-5,9,18H,13H2,(H,16,17). The fraction of sp³-hybridized carbons (Fsp3) is 0.0909. The Morgan fingerprint density at radius 3 is 2.67 bits per heavy atom. The Bertz CT molecular complexity index is 597. The second-order valence-electron chi connectivity index (χ2n) is 3.63. The SMILES string of the molecule is NC(C(=O)O)c1c(-c2ccccc2F)cnn1O. The van der Waals surface area contributed by atoms with Crippen molar-refractivity contribution in [2.45, 2.75) is 6.04 Å². The number of aliphatic carboxylic acids is 1. The molecule has 1 atom stereocenters. The van der Waals surface area contributed by atoms with Crippen LogP contribution >= 0.6 is 0 Å². The van der Waals surface area contributed by atoms with Crippen molar-refractivity contribution < 1.29 is 19.5 Å². The van der Waals surface area contributed by atoms with E-state index >= 15 is 0 Å². The van der Waals surface area contributed by atoms with Gasteiger partial charge in [-0.2, -0.15) is 0 Å². The molecule has 0 amide bonds. The summed E-state index contributed by atoms with van der Waals surface area (Å²) in [5.74, 6) is -1.90. The van der Waals surface area contributed by atoms with Gasteiger partial charge in [-0.25, -0.2) is 4.39 Å². The van der Waals surface area contributed by atoms with Gasteiger partial charge in [0.05, 0.1) is 6.20 Å². The lowest BCUT2D eigenvalue weighted by molar-refractivity contribution is -0.139. The topological polar surface area (TPSA) is 101 Å². The van der Waals surface area contributed by atoms with Gasteiger partial charge >= 0.3 is 5.97 Å². The van der Waals surface area contributed by atoms with E-state index in [1.54, 1.807) is 6.07 Å². The first-order valence-corrected chi connectivity index (χ1v) is 5.03. The Labute approximate surface area is 101 Å². The molecule has 7 heteroatoms. The van der Waals surface area contributed by atoms with Crippen LogP contribution in [0.3, 0.4) is 0 Å². The summed E-state index contributed by atoms with van der Waals surface area (Å²) in [6.07, 6.45) is 1.16. The van der Waals surface area contributed by atoms with Gasteiger partial charge in [-0.3, -0.25) is 4.79 Å². The molecule has 0 bridgehead atoms. The first kappa shape index (κ1) is 12.1. The molecule has 0 aliphatic rings. The monoisotopic (exact) mass is 251 g/mol. The molecule has 0 spiro atoms. The van der Waals surface area contributed by atoms with Crippen LogP contribution in [0.15, 0.2) is 30.5 Å². The van der Waals surface area contributed by atoms with Gasteiger partial charge in [0.1, 0.15) is 17.6 Å². The van der Waals surface area contributed by atoms with Gasteiger partial charge in [0, 0.05) is 11.1 Å². The fourth-order valence-electron chi connectivity index (χ4n) is 1.64. The highest BCUT2D eigenvalue weighted by Gasteiger charge is 2.25. The summed E-state index contributed by atoms with van der Waals surface area (Å²) < 4.78 is 13.6. The van der Waals surface area contributed by atoms with Crippen LogP contribution in [0.4, 0.5) is 4.39 Å². The molecule has 0 fully saturated rings. The molecule has 1 aromatic carbocycles. The van der Waals surface area contributed by atoms with Gasteiger partial charge in [-0.15, -0.1) is 9.94 Å². The Kier molecular flexibility index (Phi) is 2.99. The fourth-order valence-corrected chi connectivity index (χ4v) is 1.64. The molecule has 1 unspecified atom stereocenters.